The van der Waals surface area contributed by atoms with Crippen molar-refractivity contribution in [2.45, 2.75) is 39.5 Å². The van der Waals surface area contributed by atoms with Crippen LogP contribution in [0.1, 0.15) is 27.2 Å². The Balaban J connectivity index is 2.29. The van der Waals surface area contributed by atoms with Crippen LogP contribution in [0.2, 0.25) is 6.04 Å². The molecule has 0 aromatic rings. The minimum absolute atomic E-state index is 0.0253. The standard InChI is InChI=1S/C11H24O5Si/c1-4-14-17(15-5-2,16-6-3)9-7-8-12-11-10-13-11/h11H,4-10H2,1-3H3. The van der Waals surface area contributed by atoms with Gasteiger partial charge in [0.15, 0.2) is 6.29 Å². The van der Waals surface area contributed by atoms with Crippen LogP contribution in [0.3, 0.4) is 0 Å². The topological polar surface area (TPSA) is 49.5 Å². The van der Waals surface area contributed by atoms with E-state index in [2.05, 4.69) is 0 Å². The van der Waals surface area contributed by atoms with E-state index in [0.29, 0.717) is 26.4 Å². The first-order valence-electron chi connectivity index (χ1n) is 6.41. The summed E-state index contributed by atoms with van der Waals surface area (Å²) in [5, 5.41) is 0. The van der Waals surface area contributed by atoms with Crippen molar-refractivity contribution >= 4 is 8.80 Å². The lowest BCUT2D eigenvalue weighted by molar-refractivity contribution is 0.0412. The maximum absolute atomic E-state index is 5.74. The van der Waals surface area contributed by atoms with Crippen LogP contribution in [0.4, 0.5) is 0 Å². The highest BCUT2D eigenvalue weighted by Crippen LogP contribution is 2.19. The van der Waals surface area contributed by atoms with Crippen molar-refractivity contribution in [3.05, 3.63) is 0 Å². The SMILES string of the molecule is CCO[Si](CCCOC1CO1)(OCC)OCC. The molecule has 0 aromatic carbocycles. The van der Waals surface area contributed by atoms with Crippen molar-refractivity contribution in [2.24, 2.45) is 0 Å². The number of rotatable bonds is 11. The van der Waals surface area contributed by atoms with E-state index in [1.807, 2.05) is 20.8 Å². The molecule has 1 fully saturated rings. The van der Waals surface area contributed by atoms with E-state index < -0.39 is 8.80 Å². The predicted molar refractivity (Wildman–Crippen MR) is 65.7 cm³/mol. The van der Waals surface area contributed by atoms with Gasteiger partial charge in [-0.2, -0.15) is 0 Å². The molecular formula is C11H24O5Si. The molecule has 0 spiro atoms. The third kappa shape index (κ3) is 5.94. The first kappa shape index (κ1) is 15.1. The molecule has 0 radical (unpaired) electrons. The first-order chi connectivity index (χ1) is 8.26. The van der Waals surface area contributed by atoms with Gasteiger partial charge in [0.05, 0.1) is 0 Å². The van der Waals surface area contributed by atoms with E-state index in [1.54, 1.807) is 0 Å². The summed E-state index contributed by atoms with van der Waals surface area (Å²) in [5.41, 5.74) is 0. The first-order valence-corrected chi connectivity index (χ1v) is 8.34. The lowest BCUT2D eigenvalue weighted by Crippen LogP contribution is -2.46. The van der Waals surface area contributed by atoms with Crippen LogP contribution in [0.5, 0.6) is 0 Å². The monoisotopic (exact) mass is 264 g/mol. The molecular weight excluding hydrogens is 240 g/mol. The molecule has 1 atom stereocenters. The van der Waals surface area contributed by atoms with Crippen LogP contribution in [0.25, 0.3) is 0 Å². The third-order valence-electron chi connectivity index (χ3n) is 2.33. The zero-order valence-corrected chi connectivity index (χ0v) is 12.1. The summed E-state index contributed by atoms with van der Waals surface area (Å²) in [6.45, 7) is 9.17. The van der Waals surface area contributed by atoms with Gasteiger partial charge in [0.25, 0.3) is 0 Å². The summed E-state index contributed by atoms with van der Waals surface area (Å²) >= 11 is 0. The second-order valence-electron chi connectivity index (χ2n) is 3.72. The van der Waals surface area contributed by atoms with Gasteiger partial charge >= 0.3 is 8.80 Å². The molecule has 1 saturated heterocycles. The Bertz CT molecular complexity index is 181. The molecule has 1 aliphatic rings. The lowest BCUT2D eigenvalue weighted by Gasteiger charge is -2.28. The summed E-state index contributed by atoms with van der Waals surface area (Å²) in [5.74, 6) is 0. The van der Waals surface area contributed by atoms with E-state index in [9.17, 15) is 0 Å². The molecule has 17 heavy (non-hydrogen) atoms. The van der Waals surface area contributed by atoms with Gasteiger partial charge in [-0.05, 0) is 27.2 Å². The van der Waals surface area contributed by atoms with E-state index in [4.69, 9.17) is 22.8 Å². The summed E-state index contributed by atoms with van der Waals surface area (Å²) in [4.78, 5) is 0. The second-order valence-corrected chi connectivity index (χ2v) is 6.45. The average molecular weight is 264 g/mol. The largest absolute Gasteiger partial charge is 0.501 e. The van der Waals surface area contributed by atoms with Crippen LogP contribution in [-0.2, 0) is 22.8 Å². The van der Waals surface area contributed by atoms with Crippen LogP contribution >= 0.6 is 0 Å². The molecule has 0 aliphatic carbocycles. The van der Waals surface area contributed by atoms with Crippen molar-refractivity contribution in [1.82, 2.24) is 0 Å². The molecule has 1 aliphatic heterocycles. The average Bonchev–Trinajstić information content (AvgIpc) is 3.09. The Morgan fingerprint density at radius 1 is 1.06 bits per heavy atom. The molecule has 1 heterocycles. The van der Waals surface area contributed by atoms with E-state index in [1.165, 1.54) is 0 Å². The zero-order valence-electron chi connectivity index (χ0n) is 11.1. The van der Waals surface area contributed by atoms with Gasteiger partial charge in [-0.3, -0.25) is 0 Å². The number of hydrogen-bond donors (Lipinski definition) is 0. The van der Waals surface area contributed by atoms with Crippen LogP contribution in [0.15, 0.2) is 0 Å². The third-order valence-corrected chi connectivity index (χ3v) is 5.48. The minimum Gasteiger partial charge on any atom is -0.374 e. The fourth-order valence-electron chi connectivity index (χ4n) is 1.64. The molecule has 1 rings (SSSR count). The van der Waals surface area contributed by atoms with Crippen molar-refractivity contribution in [3.8, 4) is 0 Å². The van der Waals surface area contributed by atoms with Crippen molar-refractivity contribution in [2.75, 3.05) is 33.0 Å². The van der Waals surface area contributed by atoms with Gasteiger partial charge < -0.3 is 22.8 Å². The number of ether oxygens (including phenoxy) is 2. The van der Waals surface area contributed by atoms with Crippen LogP contribution < -0.4 is 0 Å². The van der Waals surface area contributed by atoms with Crippen LogP contribution in [0, 0.1) is 0 Å². The molecule has 0 bridgehead atoms. The fraction of sp³-hybridized carbons (Fsp3) is 1.00. The molecule has 0 amide bonds. The van der Waals surface area contributed by atoms with E-state index in [-0.39, 0.29) is 6.29 Å². The zero-order chi connectivity index (χ0) is 12.6. The highest BCUT2D eigenvalue weighted by atomic mass is 28.4. The molecule has 5 nitrogen and oxygen atoms in total. The smallest absolute Gasteiger partial charge is 0.374 e. The number of epoxide rings is 1. The van der Waals surface area contributed by atoms with Gasteiger partial charge in [0.1, 0.15) is 6.61 Å². The van der Waals surface area contributed by atoms with Gasteiger partial charge in [0.2, 0.25) is 0 Å². The molecule has 0 N–H and O–H groups in total. The van der Waals surface area contributed by atoms with Gasteiger partial charge in [-0.1, -0.05) is 0 Å². The molecule has 102 valence electrons. The maximum atomic E-state index is 5.74. The lowest BCUT2D eigenvalue weighted by atomic mass is 10.5. The van der Waals surface area contributed by atoms with Gasteiger partial charge in [-0.25, -0.2) is 0 Å². The maximum Gasteiger partial charge on any atom is 0.501 e. The summed E-state index contributed by atoms with van der Waals surface area (Å²) in [6.07, 6.45) is 0.906. The van der Waals surface area contributed by atoms with E-state index in [0.717, 1.165) is 19.1 Å². The Morgan fingerprint density at radius 3 is 2.00 bits per heavy atom. The second kappa shape index (κ2) is 8.18. The summed E-state index contributed by atoms with van der Waals surface area (Å²) in [7, 11) is -2.47. The van der Waals surface area contributed by atoms with Crippen molar-refractivity contribution in [1.29, 1.82) is 0 Å². The fourth-order valence-corrected chi connectivity index (χ4v) is 4.22. The van der Waals surface area contributed by atoms with E-state index >= 15 is 0 Å². The van der Waals surface area contributed by atoms with Gasteiger partial charge in [-0.15, -0.1) is 0 Å². The molecule has 0 saturated carbocycles. The Hall–Kier alpha value is 0.0169. The highest BCUT2D eigenvalue weighted by molar-refractivity contribution is 6.60. The summed E-state index contributed by atoms with van der Waals surface area (Å²) < 4.78 is 27.6. The quantitative estimate of drug-likeness (QED) is 0.323. The van der Waals surface area contributed by atoms with Crippen LogP contribution in [-0.4, -0.2) is 48.1 Å². The normalized spacial score (nSPS) is 19.6. The number of hydrogen-bond acceptors (Lipinski definition) is 5. The Kier molecular flexibility index (Phi) is 7.25. The Labute approximate surface area is 105 Å². The van der Waals surface area contributed by atoms with Crippen molar-refractivity contribution in [3.63, 3.8) is 0 Å². The molecule has 1 unspecified atom stereocenters. The van der Waals surface area contributed by atoms with Gasteiger partial charge in [0, 0.05) is 32.5 Å². The summed E-state index contributed by atoms with van der Waals surface area (Å²) in [6, 6.07) is 0.801. The Morgan fingerprint density at radius 2 is 1.59 bits per heavy atom. The highest BCUT2D eigenvalue weighted by Gasteiger charge is 2.39. The minimum atomic E-state index is -2.47. The molecule has 0 aromatic heterocycles. The van der Waals surface area contributed by atoms with Crippen molar-refractivity contribution < 1.29 is 22.8 Å². The predicted octanol–water partition coefficient (Wildman–Crippen LogP) is 1.80. The molecule has 6 heteroatoms.